The SMILES string of the molecule is Cc1nc(N)c(C)c(NC2CCSC2)n1. The lowest BCUT2D eigenvalue weighted by Gasteiger charge is -2.15. The summed E-state index contributed by atoms with van der Waals surface area (Å²) in [7, 11) is 0. The Kier molecular flexibility index (Phi) is 3.00. The number of aryl methyl sites for hydroxylation is 1. The van der Waals surface area contributed by atoms with E-state index in [1.165, 1.54) is 12.2 Å². The molecule has 0 aliphatic carbocycles. The molecule has 15 heavy (non-hydrogen) atoms. The van der Waals surface area contributed by atoms with Crippen molar-refractivity contribution < 1.29 is 0 Å². The molecule has 0 aromatic carbocycles. The molecule has 1 aromatic heterocycles. The van der Waals surface area contributed by atoms with Crippen molar-refractivity contribution in [3.05, 3.63) is 11.4 Å². The Bertz CT molecular complexity index is 361. The molecule has 0 saturated carbocycles. The fraction of sp³-hybridized carbons (Fsp3) is 0.600. The van der Waals surface area contributed by atoms with Gasteiger partial charge in [0.2, 0.25) is 0 Å². The first-order chi connectivity index (χ1) is 7.16. The van der Waals surface area contributed by atoms with E-state index >= 15 is 0 Å². The lowest BCUT2D eigenvalue weighted by atomic mass is 10.2. The molecule has 82 valence electrons. The van der Waals surface area contributed by atoms with Gasteiger partial charge in [-0.3, -0.25) is 0 Å². The second-order valence-corrected chi connectivity index (χ2v) is 4.98. The molecule has 4 nitrogen and oxygen atoms in total. The molecule has 1 unspecified atom stereocenters. The molecule has 1 atom stereocenters. The maximum Gasteiger partial charge on any atom is 0.135 e. The molecule has 1 aromatic rings. The predicted octanol–water partition coefficient (Wildman–Crippen LogP) is 1.59. The van der Waals surface area contributed by atoms with Gasteiger partial charge in [-0.2, -0.15) is 11.8 Å². The highest BCUT2D eigenvalue weighted by molar-refractivity contribution is 7.99. The largest absolute Gasteiger partial charge is 0.383 e. The summed E-state index contributed by atoms with van der Waals surface area (Å²) in [6.07, 6.45) is 1.20. The van der Waals surface area contributed by atoms with E-state index in [1.54, 1.807) is 0 Å². The molecular formula is C10H16N4S. The molecule has 1 aliphatic heterocycles. The third-order valence-electron chi connectivity index (χ3n) is 2.57. The number of nitrogen functional groups attached to an aromatic ring is 1. The van der Waals surface area contributed by atoms with Crippen molar-refractivity contribution in [3.8, 4) is 0 Å². The van der Waals surface area contributed by atoms with Gasteiger partial charge in [0, 0.05) is 17.4 Å². The fourth-order valence-electron chi connectivity index (χ4n) is 1.63. The Morgan fingerprint density at radius 1 is 1.40 bits per heavy atom. The van der Waals surface area contributed by atoms with E-state index < -0.39 is 0 Å². The summed E-state index contributed by atoms with van der Waals surface area (Å²) < 4.78 is 0. The summed E-state index contributed by atoms with van der Waals surface area (Å²) in [6.45, 7) is 3.82. The first-order valence-corrected chi connectivity index (χ1v) is 6.27. The number of rotatable bonds is 2. The summed E-state index contributed by atoms with van der Waals surface area (Å²) in [5.41, 5.74) is 6.76. The van der Waals surface area contributed by atoms with Crippen molar-refractivity contribution in [3.63, 3.8) is 0 Å². The molecule has 0 amide bonds. The van der Waals surface area contributed by atoms with Gasteiger partial charge in [0.05, 0.1) is 0 Å². The summed E-state index contributed by atoms with van der Waals surface area (Å²) in [6, 6.07) is 0.530. The minimum absolute atomic E-state index is 0.530. The second kappa shape index (κ2) is 4.26. The molecule has 1 aliphatic rings. The van der Waals surface area contributed by atoms with Gasteiger partial charge < -0.3 is 11.1 Å². The molecular weight excluding hydrogens is 208 g/mol. The molecule has 2 heterocycles. The Morgan fingerprint density at radius 3 is 2.87 bits per heavy atom. The third kappa shape index (κ3) is 2.34. The third-order valence-corrected chi connectivity index (χ3v) is 3.73. The summed E-state index contributed by atoms with van der Waals surface area (Å²) in [4.78, 5) is 8.52. The van der Waals surface area contributed by atoms with Crippen molar-refractivity contribution >= 4 is 23.4 Å². The number of anilines is 2. The van der Waals surface area contributed by atoms with Gasteiger partial charge in [-0.05, 0) is 26.0 Å². The summed E-state index contributed by atoms with van der Waals surface area (Å²) in [5, 5.41) is 3.44. The number of thioether (sulfide) groups is 1. The smallest absolute Gasteiger partial charge is 0.135 e. The van der Waals surface area contributed by atoms with E-state index in [0.717, 1.165) is 23.0 Å². The first kappa shape index (κ1) is 10.5. The van der Waals surface area contributed by atoms with E-state index in [1.807, 2.05) is 25.6 Å². The standard InChI is InChI=1S/C10H16N4S/c1-6-9(11)12-7(2)13-10(6)14-8-3-4-15-5-8/h8H,3-5H2,1-2H3,(H3,11,12,13,14). The number of nitrogens with zero attached hydrogens (tertiary/aromatic N) is 2. The molecule has 0 radical (unpaired) electrons. The van der Waals surface area contributed by atoms with Gasteiger partial charge in [0.1, 0.15) is 17.5 Å². The van der Waals surface area contributed by atoms with Crippen LogP contribution >= 0.6 is 11.8 Å². The number of nitrogens with one attached hydrogen (secondary N) is 1. The number of aromatic nitrogens is 2. The number of hydrogen-bond acceptors (Lipinski definition) is 5. The lowest BCUT2D eigenvalue weighted by Crippen LogP contribution is -2.20. The predicted molar refractivity (Wildman–Crippen MR) is 65.3 cm³/mol. The van der Waals surface area contributed by atoms with Gasteiger partial charge in [-0.15, -0.1) is 0 Å². The van der Waals surface area contributed by atoms with Gasteiger partial charge in [-0.1, -0.05) is 0 Å². The summed E-state index contributed by atoms with van der Waals surface area (Å²) >= 11 is 1.98. The van der Waals surface area contributed by atoms with E-state index in [-0.39, 0.29) is 0 Å². The van der Waals surface area contributed by atoms with Crippen LogP contribution in [0.15, 0.2) is 0 Å². The highest BCUT2D eigenvalue weighted by Gasteiger charge is 2.17. The Morgan fingerprint density at radius 2 is 2.20 bits per heavy atom. The van der Waals surface area contributed by atoms with Crippen molar-refractivity contribution in [2.24, 2.45) is 0 Å². The van der Waals surface area contributed by atoms with Crippen LogP contribution in [0.4, 0.5) is 11.6 Å². The second-order valence-electron chi connectivity index (χ2n) is 3.83. The van der Waals surface area contributed by atoms with Crippen molar-refractivity contribution in [1.82, 2.24) is 9.97 Å². The molecule has 3 N–H and O–H groups in total. The van der Waals surface area contributed by atoms with Crippen LogP contribution in [-0.2, 0) is 0 Å². The summed E-state index contributed by atoms with van der Waals surface area (Å²) in [5.74, 6) is 4.59. The van der Waals surface area contributed by atoms with E-state index in [0.29, 0.717) is 11.9 Å². The monoisotopic (exact) mass is 224 g/mol. The van der Waals surface area contributed by atoms with Crippen LogP contribution in [-0.4, -0.2) is 27.5 Å². The normalized spacial score (nSPS) is 20.5. The molecule has 0 bridgehead atoms. The van der Waals surface area contributed by atoms with Crippen LogP contribution in [0.1, 0.15) is 17.8 Å². The van der Waals surface area contributed by atoms with Crippen LogP contribution in [0.25, 0.3) is 0 Å². The average molecular weight is 224 g/mol. The van der Waals surface area contributed by atoms with Crippen LogP contribution < -0.4 is 11.1 Å². The van der Waals surface area contributed by atoms with E-state index in [4.69, 9.17) is 5.73 Å². The Labute approximate surface area is 94.1 Å². The van der Waals surface area contributed by atoms with Gasteiger partial charge in [0.25, 0.3) is 0 Å². The molecule has 5 heteroatoms. The van der Waals surface area contributed by atoms with Crippen LogP contribution in [0.5, 0.6) is 0 Å². The van der Waals surface area contributed by atoms with Crippen molar-refractivity contribution in [2.45, 2.75) is 26.3 Å². The maximum atomic E-state index is 5.80. The zero-order valence-corrected chi connectivity index (χ0v) is 9.90. The first-order valence-electron chi connectivity index (χ1n) is 5.12. The average Bonchev–Trinajstić information content (AvgIpc) is 2.66. The highest BCUT2D eigenvalue weighted by Crippen LogP contribution is 2.23. The van der Waals surface area contributed by atoms with E-state index in [9.17, 15) is 0 Å². The number of hydrogen-bond donors (Lipinski definition) is 2. The fourth-order valence-corrected chi connectivity index (χ4v) is 2.78. The van der Waals surface area contributed by atoms with Crippen molar-refractivity contribution in [2.75, 3.05) is 22.6 Å². The van der Waals surface area contributed by atoms with Gasteiger partial charge in [-0.25, -0.2) is 9.97 Å². The zero-order chi connectivity index (χ0) is 10.8. The Hall–Kier alpha value is -0.970. The number of nitrogens with two attached hydrogens (primary N) is 1. The molecule has 0 spiro atoms. The van der Waals surface area contributed by atoms with E-state index in [2.05, 4.69) is 15.3 Å². The zero-order valence-electron chi connectivity index (χ0n) is 9.08. The van der Waals surface area contributed by atoms with Crippen LogP contribution in [0.3, 0.4) is 0 Å². The topological polar surface area (TPSA) is 63.8 Å². The molecule has 2 rings (SSSR count). The Balaban J connectivity index is 2.19. The lowest BCUT2D eigenvalue weighted by molar-refractivity contribution is 0.801. The molecule has 1 saturated heterocycles. The van der Waals surface area contributed by atoms with Crippen molar-refractivity contribution in [1.29, 1.82) is 0 Å². The molecule has 1 fully saturated rings. The minimum atomic E-state index is 0.530. The highest BCUT2D eigenvalue weighted by atomic mass is 32.2. The maximum absolute atomic E-state index is 5.80. The van der Waals surface area contributed by atoms with Gasteiger partial charge >= 0.3 is 0 Å². The van der Waals surface area contributed by atoms with Crippen LogP contribution in [0, 0.1) is 13.8 Å². The minimum Gasteiger partial charge on any atom is -0.383 e. The quantitative estimate of drug-likeness (QED) is 0.798. The van der Waals surface area contributed by atoms with Crippen LogP contribution in [0.2, 0.25) is 0 Å². The van der Waals surface area contributed by atoms with Gasteiger partial charge in [0.15, 0.2) is 0 Å².